The number of hydrogen-bond donors (Lipinski definition) is 2. The van der Waals surface area contributed by atoms with Crippen LogP contribution in [0.15, 0.2) is 30.3 Å². The number of benzene rings is 1. The Hall–Kier alpha value is -2.16. The summed E-state index contributed by atoms with van der Waals surface area (Å²) in [6, 6.07) is 10.4. The van der Waals surface area contributed by atoms with Crippen molar-refractivity contribution >= 4 is 46.5 Å². The van der Waals surface area contributed by atoms with Gasteiger partial charge in [-0.25, -0.2) is 0 Å². The Morgan fingerprint density at radius 1 is 1.03 bits per heavy atom. The van der Waals surface area contributed by atoms with Gasteiger partial charge in [0.05, 0.1) is 0 Å². The number of ether oxygens (including phenoxy) is 1. The van der Waals surface area contributed by atoms with E-state index in [1.807, 2.05) is 12.1 Å². The van der Waals surface area contributed by atoms with Crippen LogP contribution in [0.25, 0.3) is 0 Å². The zero-order valence-electron chi connectivity index (χ0n) is 22.6. The van der Waals surface area contributed by atoms with Crippen molar-refractivity contribution in [1.82, 2.24) is 15.3 Å². The first kappa shape index (κ1) is 27.4. The van der Waals surface area contributed by atoms with Gasteiger partial charge < -0.3 is 25.2 Å². The summed E-state index contributed by atoms with van der Waals surface area (Å²) in [5, 5.41) is 8.13. The second kappa shape index (κ2) is 12.8. The standard InChI is InChI=1S/C29H41ClN6OS/c1-22-8-7-15-36(20-22)26-19-25(35-13-4-2-3-5-14-35)32-27(33-26)34-28(38)31-21-29(11-16-37-17-12-29)23-9-6-10-24(30)18-23/h6,9-10,18-19,22H,2-5,7-8,11-17,20-21H2,1H3,(H2,31,32,33,34,38)/t22-/m1/s1. The molecule has 0 aliphatic carbocycles. The monoisotopic (exact) mass is 556 g/mol. The first-order valence-corrected chi connectivity index (χ1v) is 15.1. The molecule has 38 heavy (non-hydrogen) atoms. The predicted octanol–water partition coefficient (Wildman–Crippen LogP) is 5.78. The summed E-state index contributed by atoms with van der Waals surface area (Å²) >= 11 is 12.1. The molecule has 3 aliphatic rings. The minimum atomic E-state index is -0.0846. The maximum absolute atomic E-state index is 6.36. The van der Waals surface area contributed by atoms with Crippen LogP contribution in [0.5, 0.6) is 0 Å². The molecule has 1 atom stereocenters. The molecule has 4 heterocycles. The van der Waals surface area contributed by atoms with Gasteiger partial charge in [0.25, 0.3) is 0 Å². The molecule has 206 valence electrons. The van der Waals surface area contributed by atoms with Gasteiger partial charge in [-0.05, 0) is 74.4 Å². The molecule has 3 aliphatic heterocycles. The third-order valence-corrected chi connectivity index (χ3v) is 8.79. The fourth-order valence-electron chi connectivity index (χ4n) is 6.04. The van der Waals surface area contributed by atoms with E-state index < -0.39 is 0 Å². The van der Waals surface area contributed by atoms with Gasteiger partial charge >= 0.3 is 0 Å². The highest BCUT2D eigenvalue weighted by Crippen LogP contribution is 2.35. The van der Waals surface area contributed by atoms with Crippen molar-refractivity contribution in [1.29, 1.82) is 0 Å². The molecule has 3 saturated heterocycles. The quantitative estimate of drug-likeness (QED) is 0.434. The van der Waals surface area contributed by atoms with E-state index in [0.29, 0.717) is 23.5 Å². The predicted molar refractivity (Wildman–Crippen MR) is 161 cm³/mol. The van der Waals surface area contributed by atoms with E-state index in [-0.39, 0.29) is 5.41 Å². The first-order valence-electron chi connectivity index (χ1n) is 14.3. The molecule has 0 spiro atoms. The van der Waals surface area contributed by atoms with Crippen LogP contribution in [0.2, 0.25) is 5.02 Å². The summed E-state index contributed by atoms with van der Waals surface area (Å²) in [7, 11) is 0. The number of aromatic nitrogens is 2. The zero-order valence-corrected chi connectivity index (χ0v) is 24.1. The fraction of sp³-hybridized carbons (Fsp3) is 0.621. The molecule has 0 radical (unpaired) electrons. The van der Waals surface area contributed by atoms with Gasteiger partial charge in [0.1, 0.15) is 11.6 Å². The van der Waals surface area contributed by atoms with Crippen molar-refractivity contribution in [3.05, 3.63) is 40.9 Å². The molecule has 0 unspecified atom stereocenters. The van der Waals surface area contributed by atoms with E-state index in [0.717, 1.165) is 68.9 Å². The summed E-state index contributed by atoms with van der Waals surface area (Å²) < 4.78 is 5.70. The number of thiocarbonyl (C=S) groups is 1. The third-order valence-electron chi connectivity index (χ3n) is 8.31. The van der Waals surface area contributed by atoms with Crippen molar-refractivity contribution in [2.45, 2.75) is 63.7 Å². The van der Waals surface area contributed by atoms with Crippen LogP contribution >= 0.6 is 23.8 Å². The Morgan fingerprint density at radius 2 is 1.74 bits per heavy atom. The van der Waals surface area contributed by atoms with Gasteiger partial charge in [-0.15, -0.1) is 0 Å². The van der Waals surface area contributed by atoms with Gasteiger partial charge in [-0.3, -0.25) is 0 Å². The molecule has 5 rings (SSSR count). The summed E-state index contributed by atoms with van der Waals surface area (Å²) in [5.41, 5.74) is 1.14. The smallest absolute Gasteiger partial charge is 0.232 e. The lowest BCUT2D eigenvalue weighted by Gasteiger charge is -2.38. The molecule has 2 N–H and O–H groups in total. The Kier molecular flexibility index (Phi) is 9.23. The minimum absolute atomic E-state index is 0.0846. The van der Waals surface area contributed by atoms with Crippen LogP contribution < -0.4 is 20.4 Å². The van der Waals surface area contributed by atoms with E-state index in [1.54, 1.807) is 0 Å². The second-order valence-corrected chi connectivity index (χ2v) is 12.1. The lowest BCUT2D eigenvalue weighted by atomic mass is 9.74. The number of nitrogens with zero attached hydrogens (tertiary/aromatic N) is 4. The van der Waals surface area contributed by atoms with Crippen molar-refractivity contribution in [2.24, 2.45) is 5.92 Å². The Labute approximate surface area is 237 Å². The molecule has 9 heteroatoms. The minimum Gasteiger partial charge on any atom is -0.381 e. The van der Waals surface area contributed by atoms with E-state index in [1.165, 1.54) is 44.1 Å². The average molecular weight is 557 g/mol. The maximum atomic E-state index is 6.36. The lowest BCUT2D eigenvalue weighted by Crippen LogP contribution is -2.45. The van der Waals surface area contributed by atoms with E-state index in [2.05, 4.69) is 45.6 Å². The second-order valence-electron chi connectivity index (χ2n) is 11.2. The van der Waals surface area contributed by atoms with E-state index in [4.69, 9.17) is 38.5 Å². The average Bonchev–Trinajstić information content (AvgIpc) is 3.22. The first-order chi connectivity index (χ1) is 18.5. The highest BCUT2D eigenvalue weighted by Gasteiger charge is 2.35. The van der Waals surface area contributed by atoms with Crippen molar-refractivity contribution in [3.8, 4) is 0 Å². The Morgan fingerprint density at radius 3 is 2.45 bits per heavy atom. The highest BCUT2D eigenvalue weighted by atomic mass is 35.5. The largest absolute Gasteiger partial charge is 0.381 e. The van der Waals surface area contributed by atoms with Crippen LogP contribution in [-0.4, -0.2) is 61.0 Å². The van der Waals surface area contributed by atoms with Crippen LogP contribution in [0, 0.1) is 5.92 Å². The summed E-state index contributed by atoms with van der Waals surface area (Å²) in [6.07, 6.45) is 9.30. The number of piperidine rings is 1. The topological polar surface area (TPSA) is 65.5 Å². The van der Waals surface area contributed by atoms with Crippen molar-refractivity contribution < 1.29 is 4.74 Å². The molecule has 1 aromatic carbocycles. The zero-order chi connectivity index (χ0) is 26.4. The number of anilines is 3. The molecule has 0 saturated carbocycles. The normalized spacial score (nSPS) is 22.0. The SMILES string of the molecule is C[C@@H]1CCCN(c2cc(N3CCCCCC3)nc(NC(=S)NCC3(c4cccc(Cl)c4)CCOCC3)n2)C1. The van der Waals surface area contributed by atoms with Gasteiger partial charge in [-0.1, -0.05) is 43.5 Å². The van der Waals surface area contributed by atoms with Crippen LogP contribution in [0.3, 0.4) is 0 Å². The van der Waals surface area contributed by atoms with Gasteiger partial charge in [0, 0.05) is 62.4 Å². The Bertz CT molecular complexity index is 1070. The van der Waals surface area contributed by atoms with Crippen molar-refractivity contribution in [3.63, 3.8) is 0 Å². The Balaban J connectivity index is 1.33. The lowest BCUT2D eigenvalue weighted by molar-refractivity contribution is 0.0515. The summed E-state index contributed by atoms with van der Waals surface area (Å²) in [5.74, 6) is 3.24. The molecule has 0 bridgehead atoms. The fourth-order valence-corrected chi connectivity index (χ4v) is 6.40. The van der Waals surface area contributed by atoms with E-state index in [9.17, 15) is 0 Å². The summed E-state index contributed by atoms with van der Waals surface area (Å²) in [4.78, 5) is 14.7. The van der Waals surface area contributed by atoms with Crippen LogP contribution in [-0.2, 0) is 10.2 Å². The van der Waals surface area contributed by atoms with Gasteiger partial charge in [0.2, 0.25) is 5.95 Å². The number of halogens is 1. The number of nitrogens with one attached hydrogen (secondary N) is 2. The molecular formula is C29H41ClN6OS. The van der Waals surface area contributed by atoms with Gasteiger partial charge in [-0.2, -0.15) is 9.97 Å². The molecule has 1 aromatic heterocycles. The van der Waals surface area contributed by atoms with Crippen LogP contribution in [0.4, 0.5) is 17.6 Å². The molecule has 3 fully saturated rings. The number of rotatable bonds is 6. The van der Waals surface area contributed by atoms with Crippen molar-refractivity contribution in [2.75, 3.05) is 61.1 Å². The number of hydrogen-bond acceptors (Lipinski definition) is 6. The molecule has 0 amide bonds. The van der Waals surface area contributed by atoms with Crippen LogP contribution in [0.1, 0.15) is 63.9 Å². The van der Waals surface area contributed by atoms with E-state index >= 15 is 0 Å². The summed E-state index contributed by atoms with van der Waals surface area (Å²) in [6.45, 7) is 8.63. The third kappa shape index (κ3) is 6.88. The van der Waals surface area contributed by atoms with Gasteiger partial charge in [0.15, 0.2) is 5.11 Å². The maximum Gasteiger partial charge on any atom is 0.232 e. The molecular weight excluding hydrogens is 516 g/mol. The molecule has 2 aromatic rings. The highest BCUT2D eigenvalue weighted by molar-refractivity contribution is 7.80. The molecule has 7 nitrogen and oxygen atoms in total.